The van der Waals surface area contributed by atoms with Gasteiger partial charge in [0.2, 0.25) is 5.28 Å². The van der Waals surface area contributed by atoms with Gasteiger partial charge in [-0.1, -0.05) is 11.6 Å². The number of halogens is 3. The molecule has 0 fully saturated rings. The van der Waals surface area contributed by atoms with E-state index in [2.05, 4.69) is 31.2 Å². The van der Waals surface area contributed by atoms with E-state index < -0.39 is 0 Å². The Bertz CT molecular complexity index is 639. The van der Waals surface area contributed by atoms with Gasteiger partial charge in [-0.2, -0.15) is 10.2 Å². The van der Waals surface area contributed by atoms with Crippen molar-refractivity contribution in [2.24, 2.45) is 0 Å². The third-order valence-electron chi connectivity index (χ3n) is 2.06. The van der Waals surface area contributed by atoms with Crippen molar-refractivity contribution in [1.29, 1.82) is 5.26 Å². The van der Waals surface area contributed by atoms with Crippen LogP contribution in [0.25, 0.3) is 0 Å². The number of nitrogens with zero attached hydrogens (tertiary/aromatic N) is 3. The van der Waals surface area contributed by atoms with E-state index in [1.807, 2.05) is 6.07 Å². The van der Waals surface area contributed by atoms with Gasteiger partial charge in [-0.25, -0.2) is 4.98 Å². The maximum absolute atomic E-state index is 8.84. The van der Waals surface area contributed by atoms with Gasteiger partial charge < -0.3 is 5.32 Å². The Morgan fingerprint density at radius 1 is 1.33 bits per heavy atom. The highest BCUT2D eigenvalue weighted by molar-refractivity contribution is 9.10. The van der Waals surface area contributed by atoms with Gasteiger partial charge in [0.25, 0.3) is 0 Å². The number of nitriles is 1. The fourth-order valence-corrected chi connectivity index (χ4v) is 1.84. The highest BCUT2D eigenvalue weighted by Crippen LogP contribution is 2.29. The van der Waals surface area contributed by atoms with Gasteiger partial charge in [0.1, 0.15) is 5.82 Å². The van der Waals surface area contributed by atoms with Crippen molar-refractivity contribution >= 4 is 50.6 Å². The number of nitrogens with one attached hydrogen (secondary N) is 1. The summed E-state index contributed by atoms with van der Waals surface area (Å²) in [4.78, 5) is 7.84. The molecule has 18 heavy (non-hydrogen) atoms. The Morgan fingerprint density at radius 2 is 2.11 bits per heavy atom. The quantitative estimate of drug-likeness (QED) is 0.831. The zero-order valence-electron chi connectivity index (χ0n) is 8.78. The molecule has 4 nitrogen and oxygen atoms in total. The lowest BCUT2D eigenvalue weighted by atomic mass is 10.2. The first-order valence-corrected chi connectivity index (χ1v) is 6.30. The molecule has 0 amide bonds. The number of rotatable bonds is 2. The van der Waals surface area contributed by atoms with Gasteiger partial charge in [0.05, 0.1) is 26.8 Å². The second-order valence-electron chi connectivity index (χ2n) is 3.27. The van der Waals surface area contributed by atoms with Gasteiger partial charge in [-0.15, -0.1) is 0 Å². The first-order chi connectivity index (χ1) is 8.60. The van der Waals surface area contributed by atoms with Gasteiger partial charge in [-0.3, -0.25) is 0 Å². The van der Waals surface area contributed by atoms with E-state index in [0.717, 1.165) is 0 Å². The molecule has 0 aliphatic heterocycles. The zero-order valence-corrected chi connectivity index (χ0v) is 11.9. The minimum atomic E-state index is 0.119. The first kappa shape index (κ1) is 13.1. The fourth-order valence-electron chi connectivity index (χ4n) is 1.25. The molecular formula is C11H5BrCl2N4. The minimum Gasteiger partial charge on any atom is -0.338 e. The number of aromatic nitrogens is 2. The molecule has 0 radical (unpaired) electrons. The van der Waals surface area contributed by atoms with Crippen LogP contribution in [-0.4, -0.2) is 9.97 Å². The summed E-state index contributed by atoms with van der Waals surface area (Å²) in [6.07, 6.45) is 1.53. The third-order valence-corrected chi connectivity index (χ3v) is 3.16. The van der Waals surface area contributed by atoms with Crippen LogP contribution in [0, 0.1) is 11.3 Å². The van der Waals surface area contributed by atoms with Crippen LogP contribution in [0.15, 0.2) is 28.9 Å². The van der Waals surface area contributed by atoms with E-state index in [4.69, 9.17) is 28.5 Å². The summed E-state index contributed by atoms with van der Waals surface area (Å²) in [5.41, 5.74) is 1.07. The highest BCUT2D eigenvalue weighted by atomic mass is 79.9. The topological polar surface area (TPSA) is 61.6 Å². The maximum Gasteiger partial charge on any atom is 0.224 e. The van der Waals surface area contributed by atoms with Crippen molar-refractivity contribution in [3.05, 3.63) is 44.7 Å². The second-order valence-corrected chi connectivity index (χ2v) is 4.87. The molecule has 1 aromatic carbocycles. The molecule has 0 atom stereocenters. The van der Waals surface area contributed by atoms with E-state index in [1.54, 1.807) is 18.2 Å². The molecule has 0 spiro atoms. The molecule has 0 unspecified atom stereocenters. The zero-order chi connectivity index (χ0) is 13.1. The predicted molar refractivity (Wildman–Crippen MR) is 74.2 cm³/mol. The van der Waals surface area contributed by atoms with Gasteiger partial charge >= 0.3 is 0 Å². The fraction of sp³-hybridized carbons (Fsp3) is 0. The average Bonchev–Trinajstić information content (AvgIpc) is 2.36. The van der Waals surface area contributed by atoms with Crippen LogP contribution in [0.2, 0.25) is 10.3 Å². The highest BCUT2D eigenvalue weighted by Gasteiger charge is 2.07. The smallest absolute Gasteiger partial charge is 0.224 e. The summed E-state index contributed by atoms with van der Waals surface area (Å²) < 4.78 is 0.644. The minimum absolute atomic E-state index is 0.119. The monoisotopic (exact) mass is 342 g/mol. The van der Waals surface area contributed by atoms with Gasteiger partial charge in [0.15, 0.2) is 0 Å². The number of benzene rings is 1. The van der Waals surface area contributed by atoms with Gasteiger partial charge in [-0.05, 0) is 45.7 Å². The van der Waals surface area contributed by atoms with Crippen LogP contribution < -0.4 is 5.32 Å². The van der Waals surface area contributed by atoms with Crippen LogP contribution in [0.1, 0.15) is 5.56 Å². The standard InChI is InChI=1S/C11H5BrCl2N4/c12-7-5-16-11(14)18-10(7)17-9-3-6(4-15)1-2-8(9)13/h1-3,5H,(H,16,17,18). The molecule has 7 heteroatoms. The molecule has 90 valence electrons. The van der Waals surface area contributed by atoms with Crippen LogP contribution in [-0.2, 0) is 0 Å². The van der Waals surface area contributed by atoms with Crippen molar-refractivity contribution in [3.8, 4) is 6.07 Å². The van der Waals surface area contributed by atoms with Crippen LogP contribution in [0.3, 0.4) is 0 Å². The lowest BCUT2D eigenvalue weighted by molar-refractivity contribution is 1.15. The van der Waals surface area contributed by atoms with E-state index in [0.29, 0.717) is 26.6 Å². The molecule has 2 aromatic rings. The molecule has 0 saturated heterocycles. The predicted octanol–water partition coefficient (Wildman–Crippen LogP) is 4.16. The third kappa shape index (κ3) is 2.91. The molecular weight excluding hydrogens is 339 g/mol. The largest absolute Gasteiger partial charge is 0.338 e. The molecule has 0 aliphatic rings. The SMILES string of the molecule is N#Cc1ccc(Cl)c(Nc2nc(Cl)ncc2Br)c1. The molecule has 2 rings (SSSR count). The summed E-state index contributed by atoms with van der Waals surface area (Å²) in [5, 5.41) is 12.4. The Balaban J connectivity index is 2.39. The Morgan fingerprint density at radius 3 is 2.83 bits per heavy atom. The molecule has 0 saturated carbocycles. The Kier molecular flexibility index (Phi) is 4.02. The van der Waals surface area contributed by atoms with Crippen LogP contribution in [0.4, 0.5) is 11.5 Å². The second kappa shape index (κ2) is 5.53. The van der Waals surface area contributed by atoms with E-state index in [9.17, 15) is 0 Å². The van der Waals surface area contributed by atoms with E-state index >= 15 is 0 Å². The van der Waals surface area contributed by atoms with E-state index in [1.165, 1.54) is 6.20 Å². The molecule has 0 aliphatic carbocycles. The first-order valence-electron chi connectivity index (χ1n) is 4.75. The van der Waals surface area contributed by atoms with Crippen molar-refractivity contribution in [2.75, 3.05) is 5.32 Å². The van der Waals surface area contributed by atoms with Crippen LogP contribution >= 0.6 is 39.1 Å². The van der Waals surface area contributed by atoms with Crippen molar-refractivity contribution in [3.63, 3.8) is 0 Å². The average molecular weight is 344 g/mol. The lowest BCUT2D eigenvalue weighted by Gasteiger charge is -2.09. The van der Waals surface area contributed by atoms with Crippen molar-refractivity contribution < 1.29 is 0 Å². The molecule has 0 bridgehead atoms. The molecule has 1 heterocycles. The Hall–Kier alpha value is -1.35. The number of anilines is 2. The maximum atomic E-state index is 8.84. The van der Waals surface area contributed by atoms with Crippen molar-refractivity contribution in [2.45, 2.75) is 0 Å². The Labute approximate surface area is 122 Å². The van der Waals surface area contributed by atoms with Crippen LogP contribution in [0.5, 0.6) is 0 Å². The summed E-state index contributed by atoms with van der Waals surface area (Å²) in [5.74, 6) is 0.479. The van der Waals surface area contributed by atoms with E-state index in [-0.39, 0.29) is 5.28 Å². The lowest BCUT2D eigenvalue weighted by Crippen LogP contribution is -1.97. The summed E-state index contributed by atoms with van der Waals surface area (Å²) in [6.45, 7) is 0. The van der Waals surface area contributed by atoms with Gasteiger partial charge in [0, 0.05) is 6.20 Å². The number of hydrogen-bond acceptors (Lipinski definition) is 4. The normalized spacial score (nSPS) is 9.89. The summed E-state index contributed by atoms with van der Waals surface area (Å²) >= 11 is 15.0. The molecule has 1 N–H and O–H groups in total. The van der Waals surface area contributed by atoms with Crippen molar-refractivity contribution in [1.82, 2.24) is 9.97 Å². The number of hydrogen-bond donors (Lipinski definition) is 1. The summed E-state index contributed by atoms with van der Waals surface area (Å²) in [6, 6.07) is 6.94. The summed E-state index contributed by atoms with van der Waals surface area (Å²) in [7, 11) is 0. The molecule has 1 aromatic heterocycles.